The van der Waals surface area contributed by atoms with E-state index in [1.807, 2.05) is 27.7 Å². The molecule has 0 bridgehead atoms. The minimum absolute atomic E-state index is 0.223. The summed E-state index contributed by atoms with van der Waals surface area (Å²) in [4.78, 5) is 7.93. The molecule has 0 aliphatic rings. The molecule has 0 fully saturated rings. The van der Waals surface area contributed by atoms with Gasteiger partial charge in [0.05, 0.1) is 17.6 Å². The van der Waals surface area contributed by atoms with Gasteiger partial charge in [-0.25, -0.2) is 4.98 Å². The molecule has 0 amide bonds. The van der Waals surface area contributed by atoms with Crippen molar-refractivity contribution in [3.63, 3.8) is 0 Å². The van der Waals surface area contributed by atoms with Crippen LogP contribution in [-0.4, -0.2) is 9.97 Å². The minimum atomic E-state index is -0.492. The first kappa shape index (κ1) is 10.1. The zero-order valence-electron chi connectivity index (χ0n) is 8.50. The lowest BCUT2D eigenvalue weighted by Gasteiger charge is -2.12. The molecule has 72 valence electrons. The van der Waals surface area contributed by atoms with Crippen LogP contribution in [0.2, 0.25) is 0 Å². The molecule has 1 aromatic heterocycles. The molecule has 3 heteroatoms. The number of hydrogen-bond donors (Lipinski definition) is 0. The standard InChI is InChI=1S/C10H15FN2/c1-6(2)9-10(7(3)4)13-8(11)5-12-9/h5-7H,1-4H3. The van der Waals surface area contributed by atoms with Crippen LogP contribution in [0, 0.1) is 5.95 Å². The molecule has 1 heterocycles. The molecule has 1 aromatic rings. The maximum Gasteiger partial charge on any atom is 0.231 e. The Morgan fingerprint density at radius 3 is 2.08 bits per heavy atom. The molecule has 0 radical (unpaired) electrons. The SMILES string of the molecule is CC(C)c1ncc(F)nc1C(C)C. The zero-order chi connectivity index (χ0) is 10.0. The smallest absolute Gasteiger partial charge is 0.231 e. The van der Waals surface area contributed by atoms with E-state index in [1.54, 1.807) is 0 Å². The van der Waals surface area contributed by atoms with Crippen LogP contribution in [0.15, 0.2) is 6.20 Å². The van der Waals surface area contributed by atoms with Gasteiger partial charge in [-0.05, 0) is 11.8 Å². The van der Waals surface area contributed by atoms with E-state index in [9.17, 15) is 4.39 Å². The van der Waals surface area contributed by atoms with E-state index in [-0.39, 0.29) is 5.92 Å². The third kappa shape index (κ3) is 2.23. The molecule has 0 saturated heterocycles. The van der Waals surface area contributed by atoms with Crippen LogP contribution in [0.5, 0.6) is 0 Å². The van der Waals surface area contributed by atoms with Crippen molar-refractivity contribution in [1.29, 1.82) is 0 Å². The van der Waals surface area contributed by atoms with Crippen molar-refractivity contribution in [2.45, 2.75) is 39.5 Å². The zero-order valence-corrected chi connectivity index (χ0v) is 8.50. The van der Waals surface area contributed by atoms with Gasteiger partial charge in [-0.15, -0.1) is 0 Å². The molecule has 0 aliphatic carbocycles. The second-order valence-electron chi connectivity index (χ2n) is 3.77. The highest BCUT2D eigenvalue weighted by Gasteiger charge is 2.13. The second kappa shape index (κ2) is 3.81. The van der Waals surface area contributed by atoms with Crippen molar-refractivity contribution in [2.75, 3.05) is 0 Å². The number of nitrogens with zero attached hydrogens (tertiary/aromatic N) is 2. The molecule has 0 unspecified atom stereocenters. The van der Waals surface area contributed by atoms with E-state index in [0.717, 1.165) is 11.4 Å². The predicted octanol–water partition coefficient (Wildman–Crippen LogP) is 2.86. The fraction of sp³-hybridized carbons (Fsp3) is 0.600. The van der Waals surface area contributed by atoms with E-state index in [1.165, 1.54) is 6.20 Å². The van der Waals surface area contributed by atoms with Gasteiger partial charge in [-0.3, -0.25) is 4.98 Å². The molecular formula is C10H15FN2. The molecule has 2 nitrogen and oxygen atoms in total. The quantitative estimate of drug-likeness (QED) is 0.702. The summed E-state index contributed by atoms with van der Waals surface area (Å²) in [7, 11) is 0. The minimum Gasteiger partial charge on any atom is -0.254 e. The highest BCUT2D eigenvalue weighted by atomic mass is 19.1. The maximum atomic E-state index is 12.8. The average molecular weight is 182 g/mol. The molecule has 0 aliphatic heterocycles. The third-order valence-electron chi connectivity index (χ3n) is 1.89. The Kier molecular flexibility index (Phi) is 2.96. The first-order valence-electron chi connectivity index (χ1n) is 4.54. The molecular weight excluding hydrogens is 167 g/mol. The topological polar surface area (TPSA) is 25.8 Å². The van der Waals surface area contributed by atoms with E-state index in [4.69, 9.17) is 0 Å². The van der Waals surface area contributed by atoms with Crippen LogP contribution in [-0.2, 0) is 0 Å². The lowest BCUT2D eigenvalue weighted by Crippen LogP contribution is -2.06. The summed E-state index contributed by atoms with van der Waals surface area (Å²) >= 11 is 0. The molecule has 0 N–H and O–H groups in total. The number of hydrogen-bond acceptors (Lipinski definition) is 2. The molecule has 0 atom stereocenters. The van der Waals surface area contributed by atoms with Crippen LogP contribution in [0.3, 0.4) is 0 Å². The lowest BCUT2D eigenvalue weighted by atomic mass is 10.0. The normalized spacial score (nSPS) is 11.3. The maximum absolute atomic E-state index is 12.8. The van der Waals surface area contributed by atoms with Crippen LogP contribution in [0.4, 0.5) is 4.39 Å². The molecule has 1 rings (SSSR count). The highest BCUT2D eigenvalue weighted by Crippen LogP contribution is 2.21. The monoisotopic (exact) mass is 182 g/mol. The van der Waals surface area contributed by atoms with Crippen LogP contribution >= 0.6 is 0 Å². The summed E-state index contributed by atoms with van der Waals surface area (Å²) in [6.07, 6.45) is 1.18. The fourth-order valence-electron chi connectivity index (χ4n) is 1.26. The number of halogens is 1. The first-order chi connectivity index (χ1) is 6.02. The molecule has 0 spiro atoms. The summed E-state index contributed by atoms with van der Waals surface area (Å²) in [5, 5.41) is 0. The van der Waals surface area contributed by atoms with Gasteiger partial charge in [-0.1, -0.05) is 27.7 Å². The third-order valence-corrected chi connectivity index (χ3v) is 1.89. The van der Waals surface area contributed by atoms with Crippen molar-refractivity contribution in [3.8, 4) is 0 Å². The van der Waals surface area contributed by atoms with Gasteiger partial charge in [0, 0.05) is 0 Å². The Morgan fingerprint density at radius 1 is 1.08 bits per heavy atom. The van der Waals surface area contributed by atoms with Crippen molar-refractivity contribution in [3.05, 3.63) is 23.5 Å². The molecule has 0 saturated carbocycles. The Morgan fingerprint density at radius 2 is 1.62 bits per heavy atom. The second-order valence-corrected chi connectivity index (χ2v) is 3.77. The highest BCUT2D eigenvalue weighted by molar-refractivity contribution is 5.17. The summed E-state index contributed by atoms with van der Waals surface area (Å²) in [6, 6.07) is 0. The van der Waals surface area contributed by atoms with Gasteiger partial charge >= 0.3 is 0 Å². The van der Waals surface area contributed by atoms with Gasteiger partial charge in [0.1, 0.15) is 0 Å². The van der Waals surface area contributed by atoms with Gasteiger partial charge < -0.3 is 0 Å². The Labute approximate surface area is 78.2 Å². The predicted molar refractivity (Wildman–Crippen MR) is 50.2 cm³/mol. The number of aromatic nitrogens is 2. The molecule has 13 heavy (non-hydrogen) atoms. The average Bonchev–Trinajstić information content (AvgIpc) is 2.03. The van der Waals surface area contributed by atoms with Gasteiger partial charge in [0.2, 0.25) is 5.95 Å². The summed E-state index contributed by atoms with van der Waals surface area (Å²) in [5.74, 6) is 0.0270. The Bertz CT molecular complexity index is 295. The lowest BCUT2D eigenvalue weighted by molar-refractivity contribution is 0.554. The Hall–Kier alpha value is -0.990. The summed E-state index contributed by atoms with van der Waals surface area (Å²) in [5.41, 5.74) is 1.67. The van der Waals surface area contributed by atoms with Crippen molar-refractivity contribution < 1.29 is 4.39 Å². The van der Waals surface area contributed by atoms with E-state index >= 15 is 0 Å². The summed E-state index contributed by atoms with van der Waals surface area (Å²) < 4.78 is 12.8. The van der Waals surface area contributed by atoms with Crippen LogP contribution in [0.1, 0.15) is 50.9 Å². The van der Waals surface area contributed by atoms with E-state index < -0.39 is 5.95 Å². The van der Waals surface area contributed by atoms with Crippen molar-refractivity contribution in [2.24, 2.45) is 0 Å². The van der Waals surface area contributed by atoms with Gasteiger partial charge in [0.15, 0.2) is 0 Å². The van der Waals surface area contributed by atoms with Crippen molar-refractivity contribution >= 4 is 0 Å². The van der Waals surface area contributed by atoms with Gasteiger partial charge in [0.25, 0.3) is 0 Å². The van der Waals surface area contributed by atoms with Gasteiger partial charge in [-0.2, -0.15) is 4.39 Å². The first-order valence-corrected chi connectivity index (χ1v) is 4.54. The largest absolute Gasteiger partial charge is 0.254 e. The van der Waals surface area contributed by atoms with E-state index in [2.05, 4.69) is 9.97 Å². The van der Waals surface area contributed by atoms with E-state index in [0.29, 0.717) is 5.92 Å². The summed E-state index contributed by atoms with van der Waals surface area (Å²) in [6.45, 7) is 8.06. The fourth-order valence-corrected chi connectivity index (χ4v) is 1.26. The Balaban J connectivity index is 3.19. The molecule has 0 aromatic carbocycles. The van der Waals surface area contributed by atoms with Crippen LogP contribution in [0.25, 0.3) is 0 Å². The van der Waals surface area contributed by atoms with Crippen LogP contribution < -0.4 is 0 Å². The number of rotatable bonds is 2. The van der Waals surface area contributed by atoms with Crippen molar-refractivity contribution in [1.82, 2.24) is 9.97 Å².